The second-order valence-corrected chi connectivity index (χ2v) is 6.71. The fraction of sp³-hybridized carbons (Fsp3) is 0.588. The van der Waals surface area contributed by atoms with E-state index in [1.54, 1.807) is 0 Å². The van der Waals surface area contributed by atoms with Crippen LogP contribution in [-0.2, 0) is 6.54 Å². The van der Waals surface area contributed by atoms with Crippen LogP contribution in [0.2, 0.25) is 0 Å². The molecule has 6 nitrogen and oxygen atoms in total. The first-order valence-corrected chi connectivity index (χ1v) is 8.44. The second kappa shape index (κ2) is 5.92. The van der Waals surface area contributed by atoms with E-state index in [9.17, 15) is 0 Å². The number of pyridine rings is 1. The van der Waals surface area contributed by atoms with Crippen molar-refractivity contribution in [1.29, 1.82) is 0 Å². The molecule has 1 saturated heterocycles. The van der Waals surface area contributed by atoms with Gasteiger partial charge in [-0.2, -0.15) is 0 Å². The van der Waals surface area contributed by atoms with Gasteiger partial charge in [-0.05, 0) is 38.8 Å². The Morgan fingerprint density at radius 3 is 2.83 bits per heavy atom. The highest BCUT2D eigenvalue weighted by Gasteiger charge is 2.30. The lowest BCUT2D eigenvalue weighted by Crippen LogP contribution is -2.51. The van der Waals surface area contributed by atoms with Crippen molar-refractivity contribution in [2.75, 3.05) is 24.5 Å². The molecule has 0 spiro atoms. The predicted octanol–water partition coefficient (Wildman–Crippen LogP) is 2.36. The van der Waals surface area contributed by atoms with E-state index in [4.69, 9.17) is 4.42 Å². The molecule has 3 heterocycles. The molecule has 1 aliphatic heterocycles. The van der Waals surface area contributed by atoms with Crippen molar-refractivity contribution in [3.05, 3.63) is 35.7 Å². The molecule has 1 aliphatic carbocycles. The third-order valence-corrected chi connectivity index (χ3v) is 4.71. The van der Waals surface area contributed by atoms with Crippen molar-refractivity contribution >= 4 is 5.82 Å². The molecule has 122 valence electrons. The number of nitrogens with zero attached hydrogens (tertiary/aromatic N) is 5. The summed E-state index contributed by atoms with van der Waals surface area (Å²) in [7, 11) is 0. The molecule has 0 aromatic carbocycles. The average molecular weight is 313 g/mol. The molecule has 0 amide bonds. The summed E-state index contributed by atoms with van der Waals surface area (Å²) < 4.78 is 5.80. The predicted molar refractivity (Wildman–Crippen MR) is 87.3 cm³/mol. The molecule has 23 heavy (non-hydrogen) atoms. The maximum absolute atomic E-state index is 5.80. The summed E-state index contributed by atoms with van der Waals surface area (Å²) in [5.41, 5.74) is 1.07. The van der Waals surface area contributed by atoms with Gasteiger partial charge in [0, 0.05) is 37.3 Å². The molecular weight excluding hydrogens is 290 g/mol. The summed E-state index contributed by atoms with van der Waals surface area (Å²) in [5.74, 6) is 3.18. The number of aryl methyl sites for hydroxylation is 1. The van der Waals surface area contributed by atoms with E-state index in [0.29, 0.717) is 12.0 Å². The molecule has 2 fully saturated rings. The highest BCUT2D eigenvalue weighted by atomic mass is 16.4. The normalized spacial score (nSPS) is 22.5. The van der Waals surface area contributed by atoms with E-state index in [0.717, 1.165) is 49.5 Å². The standard InChI is InChI=1S/C17H23N5O/c1-12-4-3-5-15(18-12)22-9-8-21(13(2)10-22)11-16-19-20-17(23-16)14-6-7-14/h3-5,13-14H,6-11H2,1-2H3. The van der Waals surface area contributed by atoms with Crippen LogP contribution in [0.15, 0.2) is 22.6 Å². The van der Waals surface area contributed by atoms with Crippen molar-refractivity contribution < 1.29 is 4.42 Å². The topological polar surface area (TPSA) is 58.3 Å². The van der Waals surface area contributed by atoms with Gasteiger partial charge in [0.1, 0.15) is 5.82 Å². The zero-order chi connectivity index (χ0) is 15.8. The van der Waals surface area contributed by atoms with Crippen LogP contribution >= 0.6 is 0 Å². The molecule has 2 aromatic heterocycles. The minimum atomic E-state index is 0.433. The summed E-state index contributed by atoms with van der Waals surface area (Å²) in [6.07, 6.45) is 2.39. The third-order valence-electron chi connectivity index (χ3n) is 4.71. The van der Waals surface area contributed by atoms with Gasteiger partial charge >= 0.3 is 0 Å². The number of rotatable bonds is 4. The monoisotopic (exact) mass is 313 g/mol. The smallest absolute Gasteiger partial charge is 0.230 e. The van der Waals surface area contributed by atoms with Gasteiger partial charge in [0.15, 0.2) is 0 Å². The van der Waals surface area contributed by atoms with Crippen LogP contribution in [-0.4, -0.2) is 45.8 Å². The van der Waals surface area contributed by atoms with Gasteiger partial charge in [-0.15, -0.1) is 10.2 Å². The minimum Gasteiger partial charge on any atom is -0.424 e. The number of aromatic nitrogens is 3. The van der Waals surface area contributed by atoms with Crippen LogP contribution in [0.25, 0.3) is 0 Å². The first kappa shape index (κ1) is 14.6. The van der Waals surface area contributed by atoms with Gasteiger partial charge in [0.2, 0.25) is 11.8 Å². The fourth-order valence-corrected chi connectivity index (χ4v) is 3.14. The van der Waals surface area contributed by atoms with Crippen molar-refractivity contribution in [2.24, 2.45) is 0 Å². The van der Waals surface area contributed by atoms with E-state index >= 15 is 0 Å². The molecule has 2 aliphatic rings. The zero-order valence-corrected chi connectivity index (χ0v) is 13.8. The van der Waals surface area contributed by atoms with E-state index in [1.807, 2.05) is 13.0 Å². The Morgan fingerprint density at radius 1 is 1.22 bits per heavy atom. The Balaban J connectivity index is 1.38. The maximum Gasteiger partial charge on any atom is 0.230 e. The molecule has 2 aromatic rings. The van der Waals surface area contributed by atoms with Gasteiger partial charge in [-0.25, -0.2) is 4.98 Å². The molecule has 1 atom stereocenters. The fourth-order valence-electron chi connectivity index (χ4n) is 3.14. The van der Waals surface area contributed by atoms with E-state index in [-0.39, 0.29) is 0 Å². The van der Waals surface area contributed by atoms with Crippen molar-refractivity contribution in [1.82, 2.24) is 20.1 Å². The first-order chi connectivity index (χ1) is 11.2. The van der Waals surface area contributed by atoms with Crippen LogP contribution in [0.1, 0.15) is 43.2 Å². The Morgan fingerprint density at radius 2 is 2.09 bits per heavy atom. The lowest BCUT2D eigenvalue weighted by molar-refractivity contribution is 0.163. The Hall–Kier alpha value is -1.95. The zero-order valence-electron chi connectivity index (χ0n) is 13.8. The Labute approximate surface area is 136 Å². The summed E-state index contributed by atoms with van der Waals surface area (Å²) >= 11 is 0. The molecule has 0 radical (unpaired) electrons. The SMILES string of the molecule is Cc1cccc(N2CCN(Cc3nnc(C4CC4)o3)C(C)C2)n1. The van der Waals surface area contributed by atoms with Crippen LogP contribution in [0.4, 0.5) is 5.82 Å². The largest absolute Gasteiger partial charge is 0.424 e. The summed E-state index contributed by atoms with van der Waals surface area (Å²) in [4.78, 5) is 9.41. The highest BCUT2D eigenvalue weighted by Crippen LogP contribution is 2.39. The second-order valence-electron chi connectivity index (χ2n) is 6.71. The molecule has 1 unspecified atom stereocenters. The number of anilines is 1. The third kappa shape index (κ3) is 3.22. The average Bonchev–Trinajstić information content (AvgIpc) is 3.29. The van der Waals surface area contributed by atoms with Crippen molar-refractivity contribution in [2.45, 2.75) is 45.2 Å². The van der Waals surface area contributed by atoms with Crippen molar-refractivity contribution in [3.8, 4) is 0 Å². The molecule has 1 saturated carbocycles. The Bertz CT molecular complexity index is 681. The summed E-state index contributed by atoms with van der Waals surface area (Å²) in [6, 6.07) is 6.64. The molecule has 0 N–H and O–H groups in total. The van der Waals surface area contributed by atoms with E-state index in [2.05, 4.69) is 44.0 Å². The van der Waals surface area contributed by atoms with Gasteiger partial charge in [-0.3, -0.25) is 4.90 Å². The summed E-state index contributed by atoms with van der Waals surface area (Å²) in [5, 5.41) is 8.39. The van der Waals surface area contributed by atoms with E-state index in [1.165, 1.54) is 12.8 Å². The quantitative estimate of drug-likeness (QED) is 0.863. The number of piperazine rings is 1. The van der Waals surface area contributed by atoms with Crippen LogP contribution < -0.4 is 4.90 Å². The molecule has 6 heteroatoms. The van der Waals surface area contributed by atoms with Crippen LogP contribution in [0.5, 0.6) is 0 Å². The lowest BCUT2D eigenvalue weighted by Gasteiger charge is -2.39. The van der Waals surface area contributed by atoms with Gasteiger partial charge in [0.25, 0.3) is 0 Å². The van der Waals surface area contributed by atoms with Crippen LogP contribution in [0, 0.1) is 6.92 Å². The minimum absolute atomic E-state index is 0.433. The Kier molecular flexibility index (Phi) is 3.77. The number of hydrogen-bond donors (Lipinski definition) is 0. The summed E-state index contributed by atoms with van der Waals surface area (Å²) in [6.45, 7) is 7.97. The highest BCUT2D eigenvalue weighted by molar-refractivity contribution is 5.40. The van der Waals surface area contributed by atoms with Gasteiger partial charge in [-0.1, -0.05) is 6.07 Å². The van der Waals surface area contributed by atoms with Crippen molar-refractivity contribution in [3.63, 3.8) is 0 Å². The molecule has 4 rings (SSSR count). The van der Waals surface area contributed by atoms with Gasteiger partial charge in [0.05, 0.1) is 6.54 Å². The maximum atomic E-state index is 5.80. The molecular formula is C17H23N5O. The van der Waals surface area contributed by atoms with Gasteiger partial charge < -0.3 is 9.32 Å². The lowest BCUT2D eigenvalue weighted by atomic mass is 10.2. The first-order valence-electron chi connectivity index (χ1n) is 8.44. The molecule has 0 bridgehead atoms. The number of hydrogen-bond acceptors (Lipinski definition) is 6. The van der Waals surface area contributed by atoms with Crippen LogP contribution in [0.3, 0.4) is 0 Å². The van der Waals surface area contributed by atoms with E-state index < -0.39 is 0 Å².